The van der Waals surface area contributed by atoms with Crippen LogP contribution in [0.15, 0.2) is 24.3 Å². The zero-order chi connectivity index (χ0) is 17.0. The van der Waals surface area contributed by atoms with Gasteiger partial charge in [0.15, 0.2) is 0 Å². The number of amides is 1. The lowest BCUT2D eigenvalue weighted by Crippen LogP contribution is -2.60. The second kappa shape index (κ2) is 7.66. The highest BCUT2D eigenvalue weighted by atomic mass is 32.2. The smallest absolute Gasteiger partial charge is 0.232 e. The molecule has 3 rings (SSSR count). The van der Waals surface area contributed by atoms with Crippen LogP contribution in [0.2, 0.25) is 0 Å². The normalized spacial score (nSPS) is 24.9. The molecule has 1 unspecified atom stereocenters. The molecule has 2 saturated heterocycles. The number of thioether (sulfide) groups is 1. The summed E-state index contributed by atoms with van der Waals surface area (Å²) >= 11 is 1.77. The van der Waals surface area contributed by atoms with Crippen LogP contribution in [-0.4, -0.2) is 54.8 Å². The minimum atomic E-state index is -0.187. The van der Waals surface area contributed by atoms with Gasteiger partial charge in [-0.1, -0.05) is 19.4 Å². The van der Waals surface area contributed by atoms with E-state index in [2.05, 4.69) is 34.2 Å². The van der Waals surface area contributed by atoms with Crippen molar-refractivity contribution in [2.75, 3.05) is 43.9 Å². The number of anilines is 1. The van der Waals surface area contributed by atoms with Crippen molar-refractivity contribution in [3.8, 4) is 5.75 Å². The number of methoxy groups -OCH3 is 1. The number of rotatable bonds is 6. The van der Waals surface area contributed by atoms with Gasteiger partial charge in [0.2, 0.25) is 5.91 Å². The van der Waals surface area contributed by atoms with E-state index in [-0.39, 0.29) is 10.9 Å². The number of nitrogens with one attached hydrogen (secondary N) is 1. The molecule has 1 aromatic carbocycles. The fraction of sp³-hybridized carbons (Fsp3) is 0.611. The Hall–Kier alpha value is -1.40. The van der Waals surface area contributed by atoms with Crippen LogP contribution in [0.25, 0.3) is 0 Å². The summed E-state index contributed by atoms with van der Waals surface area (Å²) in [5, 5.41) is 3.26. The molecule has 5 nitrogen and oxygen atoms in total. The molecule has 24 heavy (non-hydrogen) atoms. The molecule has 132 valence electrons. The van der Waals surface area contributed by atoms with Gasteiger partial charge in [-0.05, 0) is 25.0 Å². The summed E-state index contributed by atoms with van der Waals surface area (Å²) in [7, 11) is 1.70. The predicted molar refractivity (Wildman–Crippen MR) is 99.6 cm³/mol. The maximum atomic E-state index is 11.8. The highest BCUT2D eigenvalue weighted by Gasteiger charge is 2.44. The van der Waals surface area contributed by atoms with Crippen molar-refractivity contribution in [2.45, 2.75) is 31.2 Å². The second-order valence-electron chi connectivity index (χ2n) is 6.40. The van der Waals surface area contributed by atoms with Crippen molar-refractivity contribution in [1.29, 1.82) is 0 Å². The third-order valence-electron chi connectivity index (χ3n) is 4.85. The molecular formula is C18H27N3O2S. The molecule has 2 aliphatic heterocycles. The topological polar surface area (TPSA) is 44.8 Å². The molecule has 2 aliphatic rings. The van der Waals surface area contributed by atoms with Gasteiger partial charge in [-0.3, -0.25) is 9.69 Å². The van der Waals surface area contributed by atoms with Crippen molar-refractivity contribution in [2.24, 2.45) is 0 Å². The largest absolute Gasteiger partial charge is 0.497 e. The average molecular weight is 350 g/mol. The van der Waals surface area contributed by atoms with Crippen molar-refractivity contribution in [3.63, 3.8) is 0 Å². The average Bonchev–Trinajstić information content (AvgIpc) is 3.02. The van der Waals surface area contributed by atoms with E-state index >= 15 is 0 Å². The van der Waals surface area contributed by atoms with Gasteiger partial charge in [-0.25, -0.2) is 0 Å². The number of piperazine rings is 1. The van der Waals surface area contributed by atoms with Crippen LogP contribution in [0.5, 0.6) is 5.75 Å². The Morgan fingerprint density at radius 1 is 1.29 bits per heavy atom. The Morgan fingerprint density at radius 2 is 2.08 bits per heavy atom. The Balaban J connectivity index is 1.65. The summed E-state index contributed by atoms with van der Waals surface area (Å²) in [4.78, 5) is 16.5. The third-order valence-corrected chi connectivity index (χ3v) is 6.30. The third kappa shape index (κ3) is 3.64. The number of nitrogens with zero attached hydrogens (tertiary/aromatic N) is 2. The summed E-state index contributed by atoms with van der Waals surface area (Å²) < 4.78 is 5.33. The summed E-state index contributed by atoms with van der Waals surface area (Å²) in [5.74, 6) is 1.65. The van der Waals surface area contributed by atoms with Crippen LogP contribution < -0.4 is 15.0 Å². The Labute approximate surface area is 148 Å². The predicted octanol–water partition coefficient (Wildman–Crippen LogP) is 2.52. The van der Waals surface area contributed by atoms with Gasteiger partial charge in [0.1, 0.15) is 10.7 Å². The van der Waals surface area contributed by atoms with Gasteiger partial charge in [0.05, 0.1) is 12.9 Å². The molecule has 0 bridgehead atoms. The first-order chi connectivity index (χ1) is 11.7. The fourth-order valence-electron chi connectivity index (χ4n) is 3.49. The molecule has 0 aliphatic carbocycles. The van der Waals surface area contributed by atoms with Gasteiger partial charge in [0.25, 0.3) is 0 Å². The van der Waals surface area contributed by atoms with Crippen molar-refractivity contribution >= 4 is 23.4 Å². The molecule has 0 radical (unpaired) electrons. The van der Waals surface area contributed by atoms with Crippen LogP contribution in [0.4, 0.5) is 5.69 Å². The fourth-order valence-corrected chi connectivity index (χ4v) is 4.77. The van der Waals surface area contributed by atoms with E-state index in [1.54, 1.807) is 18.9 Å². The number of hydrogen-bond donors (Lipinski definition) is 1. The molecule has 2 fully saturated rings. The summed E-state index contributed by atoms with van der Waals surface area (Å²) in [6.45, 7) is 6.08. The molecule has 2 heterocycles. The maximum Gasteiger partial charge on any atom is 0.232 e. The highest BCUT2D eigenvalue weighted by Crippen LogP contribution is 2.37. The van der Waals surface area contributed by atoms with E-state index in [1.165, 1.54) is 5.69 Å². The van der Waals surface area contributed by atoms with E-state index in [0.717, 1.165) is 51.2 Å². The van der Waals surface area contributed by atoms with Gasteiger partial charge >= 0.3 is 0 Å². The maximum absolute atomic E-state index is 11.8. The van der Waals surface area contributed by atoms with E-state index in [0.29, 0.717) is 5.75 Å². The monoisotopic (exact) mass is 349 g/mol. The number of carbonyl (C=O) groups is 1. The van der Waals surface area contributed by atoms with E-state index < -0.39 is 0 Å². The van der Waals surface area contributed by atoms with Crippen LogP contribution in [0.1, 0.15) is 26.2 Å². The van der Waals surface area contributed by atoms with Crippen molar-refractivity contribution in [1.82, 2.24) is 10.2 Å². The molecule has 1 atom stereocenters. The van der Waals surface area contributed by atoms with Gasteiger partial charge in [0, 0.05) is 37.9 Å². The first-order valence-corrected chi connectivity index (χ1v) is 9.74. The number of ether oxygens (including phenoxy) is 1. The van der Waals surface area contributed by atoms with Crippen molar-refractivity contribution in [3.05, 3.63) is 24.3 Å². The van der Waals surface area contributed by atoms with Crippen LogP contribution in [0, 0.1) is 0 Å². The lowest BCUT2D eigenvalue weighted by molar-refractivity contribution is -0.120. The quantitative estimate of drug-likeness (QED) is 0.855. The van der Waals surface area contributed by atoms with Gasteiger partial charge in [-0.2, -0.15) is 0 Å². The van der Waals surface area contributed by atoms with Gasteiger partial charge in [-0.15, -0.1) is 11.8 Å². The van der Waals surface area contributed by atoms with Crippen LogP contribution in [0.3, 0.4) is 0 Å². The minimum absolute atomic E-state index is 0.173. The second-order valence-corrected chi connectivity index (χ2v) is 7.65. The molecule has 6 heteroatoms. The first-order valence-electron chi connectivity index (χ1n) is 8.76. The summed E-state index contributed by atoms with van der Waals surface area (Å²) in [6, 6.07) is 8.24. The lowest BCUT2D eigenvalue weighted by Gasteiger charge is -2.45. The summed E-state index contributed by atoms with van der Waals surface area (Å²) in [5.41, 5.74) is 1.21. The zero-order valence-electron chi connectivity index (χ0n) is 14.6. The summed E-state index contributed by atoms with van der Waals surface area (Å²) in [6.07, 6.45) is 3.32. The zero-order valence-corrected chi connectivity index (χ0v) is 15.4. The Morgan fingerprint density at radius 3 is 2.71 bits per heavy atom. The first kappa shape index (κ1) is 17.4. The van der Waals surface area contributed by atoms with Crippen LogP contribution in [-0.2, 0) is 4.79 Å². The van der Waals surface area contributed by atoms with Gasteiger partial charge < -0.3 is 15.0 Å². The molecule has 1 N–H and O–H groups in total. The Kier molecular flexibility index (Phi) is 5.56. The van der Waals surface area contributed by atoms with Crippen LogP contribution >= 0.6 is 11.8 Å². The molecule has 1 amide bonds. The Bertz CT molecular complexity index is 575. The minimum Gasteiger partial charge on any atom is -0.497 e. The van der Waals surface area contributed by atoms with E-state index in [4.69, 9.17) is 4.74 Å². The van der Waals surface area contributed by atoms with E-state index in [1.807, 2.05) is 12.1 Å². The number of unbranched alkanes of at least 4 members (excludes halogenated alkanes) is 1. The van der Waals surface area contributed by atoms with E-state index in [9.17, 15) is 4.79 Å². The number of carbonyl (C=O) groups excluding carboxylic acids is 1. The molecular weight excluding hydrogens is 322 g/mol. The molecule has 0 aromatic heterocycles. The van der Waals surface area contributed by atoms with Crippen molar-refractivity contribution < 1.29 is 9.53 Å². The number of benzene rings is 1. The molecule has 0 spiro atoms. The molecule has 1 aromatic rings. The number of hydrogen-bond acceptors (Lipinski definition) is 5. The standard InChI is InChI=1S/C18H27N3O2S/c1-3-4-8-18(19-17(22)14-24-18)21-11-9-20(10-12-21)15-6-5-7-16(13-15)23-2/h5-7,13H,3-4,8-12,14H2,1-2H3,(H,19,22). The SMILES string of the molecule is CCCCC1(N2CCN(c3cccc(OC)c3)CC2)NC(=O)CS1. The highest BCUT2D eigenvalue weighted by molar-refractivity contribution is 8.01. The molecule has 0 saturated carbocycles. The lowest BCUT2D eigenvalue weighted by atomic mass is 10.1.